The summed E-state index contributed by atoms with van der Waals surface area (Å²) < 4.78 is 18.7. The highest BCUT2D eigenvalue weighted by Crippen LogP contribution is 2.27. The Hall–Kier alpha value is -3.20. The van der Waals surface area contributed by atoms with Crippen LogP contribution in [0.2, 0.25) is 0 Å². The number of carbonyl (C=O) groups excluding carboxylic acids is 1. The summed E-state index contributed by atoms with van der Waals surface area (Å²) in [5, 5.41) is 26.8. The first-order valence-electron chi connectivity index (χ1n) is 9.71. The molecule has 0 saturated heterocycles. The second-order valence-corrected chi connectivity index (χ2v) is 7.29. The molecule has 30 heavy (non-hydrogen) atoms. The van der Waals surface area contributed by atoms with Crippen molar-refractivity contribution in [2.24, 2.45) is 0 Å². The Morgan fingerprint density at radius 3 is 2.60 bits per heavy atom. The van der Waals surface area contributed by atoms with Gasteiger partial charge in [-0.05, 0) is 49.4 Å². The number of aliphatic hydroxyl groups is 1. The highest BCUT2D eigenvalue weighted by molar-refractivity contribution is 6.00. The summed E-state index contributed by atoms with van der Waals surface area (Å²) in [5.74, 6) is -0.942. The van der Waals surface area contributed by atoms with Gasteiger partial charge in [0.1, 0.15) is 0 Å². The topological polar surface area (TPSA) is 114 Å². The van der Waals surface area contributed by atoms with Gasteiger partial charge in [0.05, 0.1) is 23.7 Å². The van der Waals surface area contributed by atoms with Gasteiger partial charge in [0, 0.05) is 30.4 Å². The largest absolute Gasteiger partial charge is 0.494 e. The number of carbonyl (C=O) groups is 1. The molecular weight excluding hydrogens is 393 g/mol. The van der Waals surface area contributed by atoms with E-state index < -0.39 is 16.6 Å². The van der Waals surface area contributed by atoms with Crippen molar-refractivity contribution in [1.29, 1.82) is 0 Å². The number of nitro groups is 1. The number of aliphatic hydroxyl groups excluding tert-OH is 1. The summed E-state index contributed by atoms with van der Waals surface area (Å²) in [7, 11) is 1.36. The third-order valence-corrected chi connectivity index (χ3v) is 5.18. The van der Waals surface area contributed by atoms with E-state index in [1.807, 2.05) is 0 Å². The zero-order valence-electron chi connectivity index (χ0n) is 16.6. The number of rotatable bonds is 7. The molecule has 8 nitrogen and oxygen atoms in total. The number of nitro benzene ring substituents is 1. The zero-order valence-corrected chi connectivity index (χ0v) is 16.6. The monoisotopic (exact) mass is 417 g/mol. The Morgan fingerprint density at radius 2 is 1.97 bits per heavy atom. The van der Waals surface area contributed by atoms with Gasteiger partial charge in [-0.15, -0.1) is 0 Å². The summed E-state index contributed by atoms with van der Waals surface area (Å²) >= 11 is 0. The van der Waals surface area contributed by atoms with Gasteiger partial charge in [-0.3, -0.25) is 14.9 Å². The Labute approximate surface area is 173 Å². The Kier molecular flexibility index (Phi) is 6.83. The molecule has 1 aliphatic carbocycles. The van der Waals surface area contributed by atoms with E-state index in [2.05, 4.69) is 10.6 Å². The molecule has 0 aliphatic heterocycles. The van der Waals surface area contributed by atoms with Crippen LogP contribution >= 0.6 is 0 Å². The molecule has 0 heterocycles. The van der Waals surface area contributed by atoms with Gasteiger partial charge in [-0.25, -0.2) is 4.39 Å². The number of methoxy groups -OCH3 is 1. The molecule has 3 rings (SSSR count). The fraction of sp³-hybridized carbons (Fsp3) is 0.381. The Balaban J connectivity index is 1.75. The quantitative estimate of drug-likeness (QED) is 0.470. The summed E-state index contributed by atoms with van der Waals surface area (Å²) in [5.41, 5.74) is 0.966. The number of amides is 1. The molecule has 9 heteroatoms. The minimum atomic E-state index is -0.559. The molecule has 0 aromatic heterocycles. The van der Waals surface area contributed by atoms with Crippen molar-refractivity contribution >= 4 is 17.3 Å². The van der Waals surface area contributed by atoms with Crippen LogP contribution in [-0.2, 0) is 6.54 Å². The van der Waals surface area contributed by atoms with Crippen molar-refractivity contribution < 1.29 is 24.0 Å². The van der Waals surface area contributed by atoms with Crippen molar-refractivity contribution in [3.05, 3.63) is 63.5 Å². The predicted molar refractivity (Wildman–Crippen MR) is 109 cm³/mol. The van der Waals surface area contributed by atoms with Crippen LogP contribution in [0.1, 0.15) is 41.6 Å². The molecule has 2 aromatic rings. The van der Waals surface area contributed by atoms with E-state index in [9.17, 15) is 24.4 Å². The van der Waals surface area contributed by atoms with E-state index in [0.29, 0.717) is 24.1 Å². The van der Waals surface area contributed by atoms with E-state index in [-0.39, 0.29) is 35.7 Å². The van der Waals surface area contributed by atoms with Crippen LogP contribution in [0.3, 0.4) is 0 Å². The maximum atomic E-state index is 13.9. The van der Waals surface area contributed by atoms with E-state index >= 15 is 0 Å². The first-order valence-corrected chi connectivity index (χ1v) is 9.71. The minimum Gasteiger partial charge on any atom is -0.494 e. The smallest absolute Gasteiger partial charge is 0.270 e. The second-order valence-electron chi connectivity index (χ2n) is 7.29. The first-order chi connectivity index (χ1) is 14.4. The molecule has 2 aromatic carbocycles. The van der Waals surface area contributed by atoms with E-state index in [1.165, 1.54) is 37.4 Å². The number of nitrogens with zero attached hydrogens (tertiary/aromatic N) is 1. The maximum Gasteiger partial charge on any atom is 0.270 e. The normalized spacial score (nSPS) is 18.5. The molecule has 160 valence electrons. The molecule has 1 saturated carbocycles. The molecule has 0 bridgehead atoms. The van der Waals surface area contributed by atoms with E-state index in [1.54, 1.807) is 6.07 Å². The molecule has 0 radical (unpaired) electrons. The Morgan fingerprint density at radius 1 is 1.23 bits per heavy atom. The van der Waals surface area contributed by atoms with Crippen LogP contribution in [0.5, 0.6) is 5.75 Å². The summed E-state index contributed by atoms with van der Waals surface area (Å²) in [6.45, 7) is 0.0531. The van der Waals surface area contributed by atoms with Gasteiger partial charge in [-0.1, -0.05) is 6.07 Å². The first kappa shape index (κ1) is 21.5. The third-order valence-electron chi connectivity index (χ3n) is 5.18. The molecule has 0 unspecified atom stereocenters. The number of non-ortho nitro benzene ring substituents is 1. The lowest BCUT2D eigenvalue weighted by Gasteiger charge is -2.27. The second kappa shape index (κ2) is 9.53. The number of anilines is 1. The predicted octanol–water partition coefficient (Wildman–Crippen LogP) is 3.39. The molecular formula is C21H24FN3O5. The van der Waals surface area contributed by atoms with E-state index in [0.717, 1.165) is 12.8 Å². The molecule has 1 amide bonds. The van der Waals surface area contributed by atoms with Crippen LogP contribution in [0.25, 0.3) is 0 Å². The number of nitrogens with one attached hydrogen (secondary N) is 2. The number of benzene rings is 2. The number of ether oxygens (including phenoxy) is 1. The van der Waals surface area contributed by atoms with Gasteiger partial charge in [-0.2, -0.15) is 0 Å². The summed E-state index contributed by atoms with van der Waals surface area (Å²) in [6.07, 6.45) is 2.49. The average Bonchev–Trinajstić information content (AvgIpc) is 2.74. The van der Waals surface area contributed by atoms with Gasteiger partial charge >= 0.3 is 0 Å². The fourth-order valence-electron chi connectivity index (χ4n) is 3.50. The lowest BCUT2D eigenvalue weighted by molar-refractivity contribution is -0.384. The molecule has 1 fully saturated rings. The third kappa shape index (κ3) is 5.24. The molecule has 3 N–H and O–H groups in total. The number of hydrogen-bond donors (Lipinski definition) is 3. The van der Waals surface area contributed by atoms with Gasteiger partial charge in [0.25, 0.3) is 11.6 Å². The van der Waals surface area contributed by atoms with E-state index in [4.69, 9.17) is 4.74 Å². The van der Waals surface area contributed by atoms with Crippen molar-refractivity contribution in [3.8, 4) is 5.75 Å². The SMILES string of the molecule is COc1ccc(CNC(=O)c2cc([N+](=O)[O-])ccc2N[C@H]2CC[C@H](O)CC2)cc1F. The molecule has 0 atom stereocenters. The standard InChI is InChI=1S/C21H24FN3O5/c1-30-20-9-2-13(10-18(20)22)12-23-21(27)17-11-15(25(28)29)5-8-19(17)24-14-3-6-16(26)7-4-14/h2,5,8-11,14,16,24,26H,3-4,6-7,12H2,1H3,(H,23,27)/t14-,16-. The summed E-state index contributed by atoms with van der Waals surface area (Å²) in [4.78, 5) is 23.4. The molecule has 0 spiro atoms. The molecule has 1 aliphatic rings. The van der Waals surface area contributed by atoms with Crippen molar-refractivity contribution in [1.82, 2.24) is 5.32 Å². The van der Waals surface area contributed by atoms with Crippen LogP contribution < -0.4 is 15.4 Å². The Bertz CT molecular complexity index is 929. The van der Waals surface area contributed by atoms with Crippen molar-refractivity contribution in [3.63, 3.8) is 0 Å². The number of hydrogen-bond acceptors (Lipinski definition) is 6. The van der Waals surface area contributed by atoms with Crippen molar-refractivity contribution in [2.75, 3.05) is 12.4 Å². The van der Waals surface area contributed by atoms with Crippen LogP contribution in [-0.4, -0.2) is 35.2 Å². The lowest BCUT2D eigenvalue weighted by Crippen LogP contribution is -2.30. The highest BCUT2D eigenvalue weighted by atomic mass is 19.1. The highest BCUT2D eigenvalue weighted by Gasteiger charge is 2.22. The average molecular weight is 417 g/mol. The fourth-order valence-corrected chi connectivity index (χ4v) is 3.50. The van der Waals surface area contributed by atoms with Gasteiger partial charge < -0.3 is 20.5 Å². The number of halogens is 1. The van der Waals surface area contributed by atoms with Crippen LogP contribution in [0, 0.1) is 15.9 Å². The summed E-state index contributed by atoms with van der Waals surface area (Å²) in [6, 6.07) is 8.51. The zero-order chi connectivity index (χ0) is 21.7. The van der Waals surface area contributed by atoms with Gasteiger partial charge in [0.2, 0.25) is 0 Å². The van der Waals surface area contributed by atoms with Gasteiger partial charge in [0.15, 0.2) is 11.6 Å². The van der Waals surface area contributed by atoms with Crippen molar-refractivity contribution in [2.45, 2.75) is 44.4 Å². The van der Waals surface area contributed by atoms with Crippen LogP contribution in [0.4, 0.5) is 15.8 Å². The maximum absolute atomic E-state index is 13.9. The van der Waals surface area contributed by atoms with Crippen LogP contribution in [0.15, 0.2) is 36.4 Å². The minimum absolute atomic E-state index is 0.0531. The lowest BCUT2D eigenvalue weighted by atomic mass is 9.92.